The molecule has 6 heteroatoms. The molecule has 0 atom stereocenters. The molecule has 0 radical (unpaired) electrons. The highest BCUT2D eigenvalue weighted by Crippen LogP contribution is 2.31. The quantitative estimate of drug-likeness (QED) is 0.767. The SMILES string of the molecule is Cc1c(CCl)cc(Cl)cc1S(=O)(=O)N(C)CC1CCC1. The van der Waals surface area contributed by atoms with Crippen molar-refractivity contribution in [3.63, 3.8) is 0 Å². The van der Waals surface area contributed by atoms with E-state index in [1.54, 1.807) is 20.0 Å². The minimum atomic E-state index is -3.51. The topological polar surface area (TPSA) is 37.4 Å². The van der Waals surface area contributed by atoms with E-state index in [9.17, 15) is 8.42 Å². The Hall–Kier alpha value is -0.290. The first-order valence-electron chi connectivity index (χ1n) is 6.67. The van der Waals surface area contributed by atoms with Gasteiger partial charge in [-0.2, -0.15) is 0 Å². The van der Waals surface area contributed by atoms with Crippen molar-refractivity contribution in [3.8, 4) is 0 Å². The second-order valence-corrected chi connectivity index (χ2v) is 8.12. The molecule has 1 fully saturated rings. The molecule has 0 bridgehead atoms. The van der Waals surface area contributed by atoms with Gasteiger partial charge in [0.15, 0.2) is 0 Å². The summed E-state index contributed by atoms with van der Waals surface area (Å²) in [5, 5.41) is 0.405. The Kier molecular flexibility index (Phi) is 5.00. The molecule has 1 aliphatic carbocycles. The van der Waals surface area contributed by atoms with Crippen LogP contribution in [0.15, 0.2) is 17.0 Å². The summed E-state index contributed by atoms with van der Waals surface area (Å²) in [6.45, 7) is 2.35. The third-order valence-corrected chi connectivity index (χ3v) is 6.46. The molecule has 0 amide bonds. The Morgan fingerprint density at radius 1 is 1.35 bits per heavy atom. The fourth-order valence-corrected chi connectivity index (χ4v) is 4.54. The third-order valence-electron chi connectivity index (χ3n) is 4.00. The number of hydrogen-bond donors (Lipinski definition) is 0. The lowest BCUT2D eigenvalue weighted by Gasteiger charge is -2.30. The van der Waals surface area contributed by atoms with Crippen LogP contribution in [0.25, 0.3) is 0 Å². The molecular weight excluding hydrogens is 317 g/mol. The fourth-order valence-electron chi connectivity index (χ4n) is 2.42. The van der Waals surface area contributed by atoms with Crippen molar-refractivity contribution >= 4 is 33.2 Å². The highest BCUT2D eigenvalue weighted by Gasteiger charge is 2.28. The maximum Gasteiger partial charge on any atom is 0.243 e. The van der Waals surface area contributed by atoms with Gasteiger partial charge >= 0.3 is 0 Å². The van der Waals surface area contributed by atoms with Gasteiger partial charge in [0.05, 0.1) is 4.90 Å². The van der Waals surface area contributed by atoms with Gasteiger partial charge in [-0.3, -0.25) is 0 Å². The third kappa shape index (κ3) is 3.14. The molecular formula is C14H19Cl2NO2S. The smallest absolute Gasteiger partial charge is 0.207 e. The molecule has 1 aliphatic rings. The van der Waals surface area contributed by atoms with E-state index in [4.69, 9.17) is 23.2 Å². The average molecular weight is 336 g/mol. The van der Waals surface area contributed by atoms with Crippen LogP contribution < -0.4 is 0 Å². The number of sulfonamides is 1. The van der Waals surface area contributed by atoms with E-state index in [1.807, 2.05) is 0 Å². The van der Waals surface area contributed by atoms with Crippen LogP contribution in [0.3, 0.4) is 0 Å². The summed E-state index contributed by atoms with van der Waals surface area (Å²) in [6, 6.07) is 3.23. The van der Waals surface area contributed by atoms with Crippen LogP contribution in [-0.2, 0) is 15.9 Å². The molecule has 0 saturated heterocycles. The van der Waals surface area contributed by atoms with Gasteiger partial charge in [-0.05, 0) is 48.9 Å². The number of halogens is 2. The molecule has 20 heavy (non-hydrogen) atoms. The summed E-state index contributed by atoms with van der Waals surface area (Å²) in [5.41, 5.74) is 1.44. The highest BCUT2D eigenvalue weighted by atomic mass is 35.5. The summed E-state index contributed by atoms with van der Waals surface area (Å²) < 4.78 is 26.8. The van der Waals surface area contributed by atoms with Crippen molar-refractivity contribution in [2.45, 2.75) is 37.0 Å². The second-order valence-electron chi connectivity index (χ2n) is 5.40. The minimum absolute atomic E-state index is 0.251. The summed E-state index contributed by atoms with van der Waals surface area (Å²) in [6.07, 6.45) is 3.42. The zero-order chi connectivity index (χ0) is 14.9. The van der Waals surface area contributed by atoms with Crippen molar-refractivity contribution in [2.24, 2.45) is 5.92 Å². The lowest BCUT2D eigenvalue weighted by molar-refractivity contribution is 0.263. The molecule has 0 N–H and O–H groups in total. The maximum atomic E-state index is 12.7. The van der Waals surface area contributed by atoms with Crippen LogP contribution in [0.1, 0.15) is 30.4 Å². The van der Waals surface area contributed by atoms with Crippen LogP contribution in [0, 0.1) is 12.8 Å². The van der Waals surface area contributed by atoms with E-state index in [0.717, 1.165) is 18.4 Å². The van der Waals surface area contributed by atoms with E-state index in [2.05, 4.69) is 0 Å². The number of rotatable bonds is 5. The molecule has 0 unspecified atom stereocenters. The number of hydrogen-bond acceptors (Lipinski definition) is 2. The number of nitrogens with zero attached hydrogens (tertiary/aromatic N) is 1. The van der Waals surface area contributed by atoms with E-state index < -0.39 is 10.0 Å². The Bertz CT molecular complexity index is 597. The maximum absolute atomic E-state index is 12.7. The van der Waals surface area contributed by atoms with Gasteiger partial charge in [-0.25, -0.2) is 12.7 Å². The zero-order valence-electron chi connectivity index (χ0n) is 11.7. The van der Waals surface area contributed by atoms with Gasteiger partial charge in [0.2, 0.25) is 10.0 Å². The van der Waals surface area contributed by atoms with E-state index in [0.29, 0.717) is 23.0 Å². The molecule has 0 heterocycles. The van der Waals surface area contributed by atoms with Crippen molar-refractivity contribution in [2.75, 3.05) is 13.6 Å². The van der Waals surface area contributed by atoms with Crippen LogP contribution >= 0.6 is 23.2 Å². The minimum Gasteiger partial charge on any atom is -0.207 e. The van der Waals surface area contributed by atoms with Gasteiger partial charge in [0, 0.05) is 24.5 Å². The largest absolute Gasteiger partial charge is 0.243 e. The molecule has 0 aromatic heterocycles. The van der Waals surface area contributed by atoms with Crippen molar-refractivity contribution < 1.29 is 8.42 Å². The predicted octanol–water partition coefficient (Wildman–Crippen LogP) is 3.81. The van der Waals surface area contributed by atoms with Gasteiger partial charge in [0.1, 0.15) is 0 Å². The first-order chi connectivity index (χ1) is 9.36. The second kappa shape index (κ2) is 6.22. The molecule has 2 rings (SSSR count). The lowest BCUT2D eigenvalue weighted by Crippen LogP contribution is -2.34. The van der Waals surface area contributed by atoms with Gasteiger partial charge in [-0.15, -0.1) is 11.6 Å². The molecule has 1 aromatic rings. The molecule has 0 spiro atoms. The Morgan fingerprint density at radius 2 is 2.00 bits per heavy atom. The molecule has 1 aromatic carbocycles. The molecule has 1 saturated carbocycles. The zero-order valence-corrected chi connectivity index (χ0v) is 14.0. The van der Waals surface area contributed by atoms with E-state index in [-0.39, 0.29) is 10.8 Å². The standard InChI is InChI=1S/C14H19Cl2NO2S/c1-10-12(8-15)6-13(16)7-14(10)20(18,19)17(2)9-11-4-3-5-11/h6-7,11H,3-5,8-9H2,1-2H3. The fraction of sp³-hybridized carbons (Fsp3) is 0.571. The van der Waals surface area contributed by atoms with Crippen LogP contribution in [0.2, 0.25) is 5.02 Å². The monoisotopic (exact) mass is 335 g/mol. The average Bonchev–Trinajstić information content (AvgIpc) is 2.35. The van der Waals surface area contributed by atoms with E-state index >= 15 is 0 Å². The number of alkyl halides is 1. The summed E-state index contributed by atoms with van der Waals surface area (Å²) >= 11 is 11.9. The molecule has 3 nitrogen and oxygen atoms in total. The summed E-state index contributed by atoms with van der Waals surface area (Å²) in [7, 11) is -1.87. The first kappa shape index (κ1) is 16.1. The number of benzene rings is 1. The summed E-state index contributed by atoms with van der Waals surface area (Å²) in [5.74, 6) is 0.739. The summed E-state index contributed by atoms with van der Waals surface area (Å²) in [4.78, 5) is 0.266. The Labute approximate surface area is 130 Å². The van der Waals surface area contributed by atoms with Crippen molar-refractivity contribution in [1.29, 1.82) is 0 Å². The predicted molar refractivity (Wildman–Crippen MR) is 82.9 cm³/mol. The van der Waals surface area contributed by atoms with Crippen LogP contribution in [0.5, 0.6) is 0 Å². The van der Waals surface area contributed by atoms with Gasteiger partial charge in [-0.1, -0.05) is 18.0 Å². The van der Waals surface area contributed by atoms with Crippen LogP contribution in [-0.4, -0.2) is 26.3 Å². The Morgan fingerprint density at radius 3 is 2.50 bits per heavy atom. The molecule has 112 valence electrons. The highest BCUT2D eigenvalue weighted by molar-refractivity contribution is 7.89. The first-order valence-corrected chi connectivity index (χ1v) is 9.03. The van der Waals surface area contributed by atoms with Crippen LogP contribution in [0.4, 0.5) is 0 Å². The lowest BCUT2D eigenvalue weighted by atomic mass is 9.86. The van der Waals surface area contributed by atoms with Crippen molar-refractivity contribution in [3.05, 3.63) is 28.3 Å². The van der Waals surface area contributed by atoms with Crippen molar-refractivity contribution in [1.82, 2.24) is 4.31 Å². The van der Waals surface area contributed by atoms with E-state index in [1.165, 1.54) is 16.8 Å². The Balaban J connectivity index is 2.35. The van der Waals surface area contributed by atoms with Gasteiger partial charge in [0.25, 0.3) is 0 Å². The van der Waals surface area contributed by atoms with Gasteiger partial charge < -0.3 is 0 Å². The molecule has 0 aliphatic heterocycles. The normalized spacial score (nSPS) is 16.4.